The molecular formula is C18H19ClN4O4. The van der Waals surface area contributed by atoms with E-state index in [9.17, 15) is 14.4 Å². The van der Waals surface area contributed by atoms with Crippen molar-refractivity contribution in [1.29, 1.82) is 0 Å². The van der Waals surface area contributed by atoms with E-state index in [1.165, 1.54) is 25.4 Å². The van der Waals surface area contributed by atoms with Gasteiger partial charge in [0.2, 0.25) is 5.91 Å². The van der Waals surface area contributed by atoms with Crippen molar-refractivity contribution >= 4 is 34.9 Å². The summed E-state index contributed by atoms with van der Waals surface area (Å²) in [5.74, 6) is -0.892. The summed E-state index contributed by atoms with van der Waals surface area (Å²) in [6.07, 6.45) is 3.63. The van der Waals surface area contributed by atoms with E-state index in [0.29, 0.717) is 16.9 Å². The normalized spacial score (nSPS) is 13.5. The third kappa shape index (κ3) is 4.28. The molecule has 9 heteroatoms. The van der Waals surface area contributed by atoms with Gasteiger partial charge in [-0.15, -0.1) is 0 Å². The SMILES string of the molecule is COC(=O)c1ccc(NC(=O)Cn2ncc(N3CCCC3)c(Cl)c2=O)cc1. The molecule has 1 fully saturated rings. The Bertz CT molecular complexity index is 905. The number of methoxy groups -OCH3 is 1. The maximum absolute atomic E-state index is 12.4. The van der Waals surface area contributed by atoms with Gasteiger partial charge in [0.25, 0.3) is 5.56 Å². The monoisotopic (exact) mass is 390 g/mol. The van der Waals surface area contributed by atoms with Gasteiger partial charge in [0.15, 0.2) is 0 Å². The van der Waals surface area contributed by atoms with Crippen molar-refractivity contribution in [1.82, 2.24) is 9.78 Å². The van der Waals surface area contributed by atoms with Gasteiger partial charge in [-0.05, 0) is 37.1 Å². The molecule has 2 aromatic rings. The third-order valence-corrected chi connectivity index (χ3v) is 4.65. The first kappa shape index (κ1) is 18.9. The van der Waals surface area contributed by atoms with Gasteiger partial charge < -0.3 is 15.0 Å². The summed E-state index contributed by atoms with van der Waals surface area (Å²) in [5, 5.41) is 6.79. The average molecular weight is 391 g/mol. The number of ether oxygens (including phenoxy) is 1. The highest BCUT2D eigenvalue weighted by molar-refractivity contribution is 6.33. The van der Waals surface area contributed by atoms with Crippen LogP contribution in [0.2, 0.25) is 5.02 Å². The lowest BCUT2D eigenvalue weighted by Gasteiger charge is -2.18. The Kier molecular flexibility index (Phi) is 5.75. The molecule has 2 heterocycles. The predicted octanol–water partition coefficient (Wildman–Crippen LogP) is 1.92. The number of benzene rings is 1. The van der Waals surface area contributed by atoms with Gasteiger partial charge in [-0.3, -0.25) is 9.59 Å². The molecule has 0 saturated carbocycles. The number of carbonyl (C=O) groups is 2. The zero-order valence-corrected chi connectivity index (χ0v) is 15.5. The fourth-order valence-electron chi connectivity index (χ4n) is 2.89. The van der Waals surface area contributed by atoms with Gasteiger partial charge in [0.1, 0.15) is 11.6 Å². The first-order valence-corrected chi connectivity index (χ1v) is 8.86. The van der Waals surface area contributed by atoms with E-state index in [2.05, 4.69) is 15.2 Å². The van der Waals surface area contributed by atoms with Crippen LogP contribution in [0.15, 0.2) is 35.3 Å². The van der Waals surface area contributed by atoms with Crippen LogP contribution in [0.4, 0.5) is 11.4 Å². The smallest absolute Gasteiger partial charge is 0.337 e. The highest BCUT2D eigenvalue weighted by Gasteiger charge is 2.19. The summed E-state index contributed by atoms with van der Waals surface area (Å²) in [6.45, 7) is 1.41. The highest BCUT2D eigenvalue weighted by Crippen LogP contribution is 2.24. The lowest BCUT2D eigenvalue weighted by Crippen LogP contribution is -2.31. The van der Waals surface area contributed by atoms with Crippen LogP contribution in [0, 0.1) is 0 Å². The van der Waals surface area contributed by atoms with Gasteiger partial charge in [-0.1, -0.05) is 11.6 Å². The van der Waals surface area contributed by atoms with Crippen LogP contribution in [-0.2, 0) is 16.1 Å². The minimum absolute atomic E-state index is 0.0714. The second-order valence-electron chi connectivity index (χ2n) is 6.12. The zero-order valence-electron chi connectivity index (χ0n) is 14.8. The van der Waals surface area contributed by atoms with Crippen molar-refractivity contribution < 1.29 is 14.3 Å². The van der Waals surface area contributed by atoms with Crippen LogP contribution in [0.25, 0.3) is 0 Å². The summed E-state index contributed by atoms with van der Waals surface area (Å²) in [6, 6.07) is 6.22. The molecule has 0 spiro atoms. The minimum atomic E-state index is -0.503. The summed E-state index contributed by atoms with van der Waals surface area (Å²) in [7, 11) is 1.29. The Morgan fingerprint density at radius 3 is 2.52 bits per heavy atom. The van der Waals surface area contributed by atoms with Crippen molar-refractivity contribution in [3.05, 3.63) is 51.4 Å². The predicted molar refractivity (Wildman–Crippen MR) is 101 cm³/mol. The molecule has 0 unspecified atom stereocenters. The number of nitrogens with zero attached hydrogens (tertiary/aromatic N) is 3. The van der Waals surface area contributed by atoms with Crippen molar-refractivity contribution in [2.24, 2.45) is 0 Å². The van der Waals surface area contributed by atoms with Gasteiger partial charge in [-0.2, -0.15) is 5.10 Å². The fourth-order valence-corrected chi connectivity index (χ4v) is 3.16. The Hall–Kier alpha value is -2.87. The molecule has 0 aliphatic carbocycles. The van der Waals surface area contributed by atoms with Gasteiger partial charge in [0.05, 0.1) is 24.6 Å². The maximum Gasteiger partial charge on any atom is 0.337 e. The number of anilines is 2. The molecule has 1 aromatic heterocycles. The zero-order chi connectivity index (χ0) is 19.4. The van der Waals surface area contributed by atoms with Crippen molar-refractivity contribution in [3.63, 3.8) is 0 Å². The molecule has 142 valence electrons. The molecule has 1 aliphatic rings. The number of rotatable bonds is 5. The number of amides is 1. The summed E-state index contributed by atoms with van der Waals surface area (Å²) < 4.78 is 5.65. The maximum atomic E-state index is 12.4. The molecule has 0 bridgehead atoms. The van der Waals surface area contributed by atoms with Gasteiger partial charge in [-0.25, -0.2) is 9.48 Å². The van der Waals surface area contributed by atoms with E-state index in [1.54, 1.807) is 12.1 Å². The number of aromatic nitrogens is 2. The van der Waals surface area contributed by atoms with E-state index in [4.69, 9.17) is 11.6 Å². The Morgan fingerprint density at radius 1 is 1.22 bits per heavy atom. The lowest BCUT2D eigenvalue weighted by molar-refractivity contribution is -0.117. The third-order valence-electron chi connectivity index (χ3n) is 4.30. The first-order valence-electron chi connectivity index (χ1n) is 8.48. The van der Waals surface area contributed by atoms with E-state index in [-0.39, 0.29) is 11.6 Å². The average Bonchev–Trinajstić information content (AvgIpc) is 3.20. The molecule has 8 nitrogen and oxygen atoms in total. The number of esters is 1. The van der Waals surface area contributed by atoms with Crippen LogP contribution in [0.3, 0.4) is 0 Å². The van der Waals surface area contributed by atoms with Crippen molar-refractivity contribution in [2.75, 3.05) is 30.4 Å². The Balaban J connectivity index is 1.68. The van der Waals surface area contributed by atoms with Gasteiger partial charge in [0, 0.05) is 18.8 Å². The molecule has 1 amide bonds. The molecular weight excluding hydrogens is 372 g/mol. The number of hydrogen-bond donors (Lipinski definition) is 1. The van der Waals surface area contributed by atoms with Crippen molar-refractivity contribution in [3.8, 4) is 0 Å². The molecule has 1 N–H and O–H groups in total. The van der Waals surface area contributed by atoms with E-state index in [0.717, 1.165) is 30.6 Å². The van der Waals surface area contributed by atoms with Crippen molar-refractivity contribution in [2.45, 2.75) is 19.4 Å². The summed E-state index contributed by atoms with van der Waals surface area (Å²) >= 11 is 6.19. The molecule has 0 radical (unpaired) electrons. The number of carbonyl (C=O) groups excluding carboxylic acids is 2. The van der Waals surface area contributed by atoms with E-state index >= 15 is 0 Å². The minimum Gasteiger partial charge on any atom is -0.465 e. The number of halogens is 1. The molecule has 3 rings (SSSR count). The Morgan fingerprint density at radius 2 is 1.89 bits per heavy atom. The number of nitrogens with one attached hydrogen (secondary N) is 1. The van der Waals surface area contributed by atoms with E-state index < -0.39 is 17.4 Å². The molecule has 0 atom stereocenters. The van der Waals surface area contributed by atoms with E-state index in [1.807, 2.05) is 4.90 Å². The largest absolute Gasteiger partial charge is 0.465 e. The first-order chi connectivity index (χ1) is 13.0. The second kappa shape index (κ2) is 8.22. The lowest BCUT2D eigenvalue weighted by atomic mass is 10.2. The standard InChI is InChI=1S/C18H19ClN4O4/c1-27-18(26)12-4-6-13(7-5-12)21-15(24)11-23-17(25)16(19)14(10-20-23)22-8-2-3-9-22/h4-7,10H,2-3,8-9,11H2,1H3,(H,21,24). The summed E-state index contributed by atoms with van der Waals surface area (Å²) in [4.78, 5) is 38.0. The molecule has 1 aliphatic heterocycles. The topological polar surface area (TPSA) is 93.5 Å². The Labute approximate surface area is 160 Å². The van der Waals surface area contributed by atoms with Crippen LogP contribution in [-0.4, -0.2) is 41.9 Å². The molecule has 1 saturated heterocycles. The quantitative estimate of drug-likeness (QED) is 0.784. The van der Waals surface area contributed by atoms with Crippen LogP contribution in [0.1, 0.15) is 23.2 Å². The van der Waals surface area contributed by atoms with Crippen LogP contribution >= 0.6 is 11.6 Å². The molecule has 27 heavy (non-hydrogen) atoms. The number of hydrogen-bond acceptors (Lipinski definition) is 6. The molecule has 1 aromatic carbocycles. The second-order valence-corrected chi connectivity index (χ2v) is 6.50. The van der Waals surface area contributed by atoms with Crippen LogP contribution < -0.4 is 15.8 Å². The summed E-state index contributed by atoms with van der Waals surface area (Å²) in [5.41, 5.74) is 0.963. The van der Waals surface area contributed by atoms with Crippen LogP contribution in [0.5, 0.6) is 0 Å². The fraction of sp³-hybridized carbons (Fsp3) is 0.333. The van der Waals surface area contributed by atoms with Gasteiger partial charge >= 0.3 is 5.97 Å². The highest BCUT2D eigenvalue weighted by atomic mass is 35.5.